The van der Waals surface area contributed by atoms with Gasteiger partial charge in [0.05, 0.1) is 6.61 Å². The number of carboxylic acid groups (broad SMARTS) is 1. The molecule has 0 aromatic heterocycles. The molecule has 0 aliphatic carbocycles. The Kier molecular flexibility index (Phi) is 4.80. The van der Waals surface area contributed by atoms with Gasteiger partial charge in [-0.15, -0.1) is 0 Å². The van der Waals surface area contributed by atoms with E-state index in [-0.39, 0.29) is 0 Å². The van der Waals surface area contributed by atoms with Crippen LogP contribution < -0.4 is 4.74 Å². The van der Waals surface area contributed by atoms with Crippen molar-refractivity contribution >= 4 is 5.97 Å². The Morgan fingerprint density at radius 1 is 1.37 bits per heavy atom. The first-order valence-corrected chi connectivity index (χ1v) is 6.90. The highest BCUT2D eigenvalue weighted by molar-refractivity contribution is 5.74. The zero-order valence-corrected chi connectivity index (χ0v) is 11.3. The normalized spacial score (nSPS) is 17.3. The van der Waals surface area contributed by atoms with Crippen LogP contribution in [0.4, 0.5) is 0 Å². The van der Waals surface area contributed by atoms with Gasteiger partial charge in [-0.05, 0) is 44.5 Å². The highest BCUT2D eigenvalue weighted by Gasteiger charge is 2.28. The van der Waals surface area contributed by atoms with Gasteiger partial charge in [-0.3, -0.25) is 9.69 Å². The third-order valence-corrected chi connectivity index (χ3v) is 3.55. The molecule has 0 spiro atoms. The number of para-hydroxylation sites is 1. The zero-order chi connectivity index (χ0) is 13.7. The molecule has 1 saturated heterocycles. The lowest BCUT2D eigenvalue weighted by Gasteiger charge is -2.24. The summed E-state index contributed by atoms with van der Waals surface area (Å²) in [5.74, 6) is 0.0589. The van der Waals surface area contributed by atoms with Gasteiger partial charge in [0, 0.05) is 6.42 Å². The Labute approximate surface area is 114 Å². The Bertz CT molecular complexity index is 427. The Morgan fingerprint density at radius 3 is 2.68 bits per heavy atom. The minimum absolute atomic E-state index is 0.441. The predicted molar refractivity (Wildman–Crippen MR) is 73.5 cm³/mol. The van der Waals surface area contributed by atoms with Gasteiger partial charge in [-0.2, -0.15) is 0 Å². The van der Waals surface area contributed by atoms with Crippen molar-refractivity contribution in [2.24, 2.45) is 0 Å². The number of nitrogens with zero attached hydrogens (tertiary/aromatic N) is 1. The highest BCUT2D eigenvalue weighted by Crippen LogP contribution is 2.23. The molecule has 0 unspecified atom stereocenters. The summed E-state index contributed by atoms with van der Waals surface area (Å²) in [5, 5.41) is 9.43. The molecular weight excluding hydrogens is 242 g/mol. The van der Waals surface area contributed by atoms with Gasteiger partial charge in [0.15, 0.2) is 0 Å². The number of hydrogen-bond acceptors (Lipinski definition) is 3. The third-order valence-electron chi connectivity index (χ3n) is 3.55. The molecule has 1 atom stereocenters. The standard InChI is InChI=1S/C15H21NO3/c1-2-19-14-8-4-3-7-12(14)11-13(15(17)18)16-9-5-6-10-16/h3-4,7-8,13H,2,5-6,9-11H2,1H3,(H,17,18)/t13-/m0/s1. The molecule has 1 aromatic carbocycles. The minimum Gasteiger partial charge on any atom is -0.494 e. The van der Waals surface area contributed by atoms with E-state index < -0.39 is 12.0 Å². The molecule has 0 saturated carbocycles. The number of ether oxygens (including phenoxy) is 1. The average molecular weight is 263 g/mol. The van der Waals surface area contributed by atoms with E-state index in [2.05, 4.69) is 4.90 Å². The van der Waals surface area contributed by atoms with Crippen LogP contribution in [0, 0.1) is 0 Å². The molecule has 2 rings (SSSR count). The van der Waals surface area contributed by atoms with Crippen molar-refractivity contribution in [3.05, 3.63) is 29.8 Å². The van der Waals surface area contributed by atoms with Crippen LogP contribution >= 0.6 is 0 Å². The Balaban J connectivity index is 2.14. The second-order valence-corrected chi connectivity index (χ2v) is 4.84. The monoisotopic (exact) mass is 263 g/mol. The summed E-state index contributed by atoms with van der Waals surface area (Å²) in [6, 6.07) is 7.27. The number of hydrogen-bond donors (Lipinski definition) is 1. The van der Waals surface area contributed by atoms with Gasteiger partial charge < -0.3 is 9.84 Å². The Morgan fingerprint density at radius 2 is 2.05 bits per heavy atom. The maximum absolute atomic E-state index is 11.5. The number of carbonyl (C=O) groups is 1. The third kappa shape index (κ3) is 3.47. The SMILES string of the molecule is CCOc1ccccc1C[C@@H](C(=O)O)N1CCCC1. The summed E-state index contributed by atoms with van der Waals surface area (Å²) in [6.45, 7) is 4.30. The van der Waals surface area contributed by atoms with Crippen molar-refractivity contribution in [3.8, 4) is 5.75 Å². The van der Waals surface area contributed by atoms with Crippen molar-refractivity contribution in [2.75, 3.05) is 19.7 Å². The van der Waals surface area contributed by atoms with Crippen LogP contribution in [0.3, 0.4) is 0 Å². The summed E-state index contributed by atoms with van der Waals surface area (Å²) in [5.41, 5.74) is 0.976. The van der Waals surface area contributed by atoms with E-state index in [1.165, 1.54) is 0 Å². The van der Waals surface area contributed by atoms with Crippen molar-refractivity contribution in [1.29, 1.82) is 0 Å². The van der Waals surface area contributed by atoms with Gasteiger partial charge >= 0.3 is 5.97 Å². The predicted octanol–water partition coefficient (Wildman–Crippen LogP) is 2.18. The summed E-state index contributed by atoms with van der Waals surface area (Å²) >= 11 is 0. The average Bonchev–Trinajstić information content (AvgIpc) is 2.91. The summed E-state index contributed by atoms with van der Waals surface area (Å²) in [6.07, 6.45) is 2.69. The van der Waals surface area contributed by atoms with E-state index in [1.807, 2.05) is 31.2 Å². The molecule has 0 amide bonds. The lowest BCUT2D eigenvalue weighted by Crippen LogP contribution is -2.40. The fraction of sp³-hybridized carbons (Fsp3) is 0.533. The van der Waals surface area contributed by atoms with Crippen LogP contribution in [0.2, 0.25) is 0 Å². The fourth-order valence-electron chi connectivity index (χ4n) is 2.60. The minimum atomic E-state index is -0.742. The first kappa shape index (κ1) is 13.9. The van der Waals surface area contributed by atoms with Crippen molar-refractivity contribution in [1.82, 2.24) is 4.90 Å². The molecule has 1 N–H and O–H groups in total. The van der Waals surface area contributed by atoms with E-state index in [9.17, 15) is 9.90 Å². The fourth-order valence-corrected chi connectivity index (χ4v) is 2.60. The molecule has 4 nitrogen and oxygen atoms in total. The first-order chi connectivity index (χ1) is 9.22. The van der Waals surface area contributed by atoms with E-state index >= 15 is 0 Å². The van der Waals surface area contributed by atoms with Crippen LogP contribution in [0.5, 0.6) is 5.75 Å². The molecule has 19 heavy (non-hydrogen) atoms. The maximum atomic E-state index is 11.5. The van der Waals surface area contributed by atoms with Crippen LogP contribution in [0.25, 0.3) is 0 Å². The second-order valence-electron chi connectivity index (χ2n) is 4.84. The molecule has 4 heteroatoms. The highest BCUT2D eigenvalue weighted by atomic mass is 16.5. The zero-order valence-electron chi connectivity index (χ0n) is 11.3. The van der Waals surface area contributed by atoms with Gasteiger partial charge in [-0.1, -0.05) is 18.2 Å². The molecular formula is C15H21NO3. The van der Waals surface area contributed by atoms with Crippen molar-refractivity contribution < 1.29 is 14.6 Å². The van der Waals surface area contributed by atoms with Gasteiger partial charge in [0.2, 0.25) is 0 Å². The lowest BCUT2D eigenvalue weighted by molar-refractivity contribution is -0.142. The van der Waals surface area contributed by atoms with Crippen LogP contribution in [0.15, 0.2) is 24.3 Å². The Hall–Kier alpha value is -1.55. The van der Waals surface area contributed by atoms with E-state index in [0.717, 1.165) is 37.2 Å². The smallest absolute Gasteiger partial charge is 0.321 e. The van der Waals surface area contributed by atoms with Crippen LogP contribution in [-0.2, 0) is 11.2 Å². The summed E-state index contributed by atoms with van der Waals surface area (Å²) in [4.78, 5) is 13.5. The molecule has 1 heterocycles. The van der Waals surface area contributed by atoms with Gasteiger partial charge in [0.1, 0.15) is 11.8 Å². The molecule has 1 aliphatic rings. The number of rotatable bonds is 6. The molecule has 1 aromatic rings. The summed E-state index contributed by atoms with van der Waals surface area (Å²) < 4.78 is 5.57. The van der Waals surface area contributed by atoms with Crippen LogP contribution in [0.1, 0.15) is 25.3 Å². The molecule has 104 valence electrons. The number of likely N-dealkylation sites (tertiary alicyclic amines) is 1. The molecule has 0 radical (unpaired) electrons. The quantitative estimate of drug-likeness (QED) is 0.854. The lowest BCUT2D eigenvalue weighted by atomic mass is 10.0. The van der Waals surface area contributed by atoms with Gasteiger partial charge in [-0.25, -0.2) is 0 Å². The maximum Gasteiger partial charge on any atom is 0.321 e. The molecule has 0 bridgehead atoms. The number of benzene rings is 1. The first-order valence-electron chi connectivity index (χ1n) is 6.90. The number of aliphatic carboxylic acids is 1. The molecule has 1 fully saturated rings. The van der Waals surface area contributed by atoms with E-state index in [0.29, 0.717) is 13.0 Å². The topological polar surface area (TPSA) is 49.8 Å². The van der Waals surface area contributed by atoms with Crippen molar-refractivity contribution in [2.45, 2.75) is 32.2 Å². The van der Waals surface area contributed by atoms with Crippen molar-refractivity contribution in [3.63, 3.8) is 0 Å². The second kappa shape index (κ2) is 6.57. The van der Waals surface area contributed by atoms with Crippen LogP contribution in [-0.4, -0.2) is 41.7 Å². The molecule has 1 aliphatic heterocycles. The van der Waals surface area contributed by atoms with E-state index in [4.69, 9.17) is 4.74 Å². The van der Waals surface area contributed by atoms with Gasteiger partial charge in [0.25, 0.3) is 0 Å². The number of carboxylic acids is 1. The summed E-state index contributed by atoms with van der Waals surface area (Å²) in [7, 11) is 0. The largest absolute Gasteiger partial charge is 0.494 e. The van der Waals surface area contributed by atoms with E-state index in [1.54, 1.807) is 0 Å².